The molecule has 2 aromatic rings. The van der Waals surface area contributed by atoms with Crippen LogP contribution in [0.5, 0.6) is 0 Å². The number of hydrogen-bond donors (Lipinski definition) is 3. The first kappa shape index (κ1) is 18.1. The average molecular weight is 370 g/mol. The fraction of sp³-hybridized carbons (Fsp3) is 0.550. The van der Waals surface area contributed by atoms with Crippen molar-refractivity contribution in [2.45, 2.75) is 38.4 Å². The highest BCUT2D eigenvalue weighted by Gasteiger charge is 2.46. The zero-order valence-corrected chi connectivity index (χ0v) is 15.6. The number of fused-ring (bicyclic) bond motifs is 3. The van der Waals surface area contributed by atoms with E-state index in [-0.39, 0.29) is 18.4 Å². The number of carbonyl (C=O) groups excluding carboxylic acids is 1. The minimum Gasteiger partial charge on any atom is -0.396 e. The van der Waals surface area contributed by atoms with E-state index in [4.69, 9.17) is 5.11 Å². The van der Waals surface area contributed by atoms with E-state index in [9.17, 15) is 4.79 Å². The van der Waals surface area contributed by atoms with E-state index in [0.29, 0.717) is 24.9 Å². The van der Waals surface area contributed by atoms with Gasteiger partial charge in [0.05, 0.1) is 31.2 Å². The van der Waals surface area contributed by atoms with Crippen LogP contribution in [0.2, 0.25) is 0 Å². The molecule has 3 N–H and O–H groups in total. The van der Waals surface area contributed by atoms with Crippen LogP contribution in [0.3, 0.4) is 0 Å². The molecule has 3 aliphatic rings. The molecule has 1 aromatic carbocycles. The third-order valence-corrected chi connectivity index (χ3v) is 6.06. The predicted molar refractivity (Wildman–Crippen MR) is 99.8 cm³/mol. The topological polar surface area (TPSA) is 84.5 Å². The number of nitrogens with zero attached hydrogens (tertiary/aromatic N) is 3. The maximum absolute atomic E-state index is 12.7. The largest absolute Gasteiger partial charge is 0.396 e. The number of quaternary nitrogens is 1. The molecule has 2 bridgehead atoms. The van der Waals surface area contributed by atoms with Crippen LogP contribution >= 0.6 is 0 Å². The molecular formula is C20H28N5O2+. The van der Waals surface area contributed by atoms with Crippen molar-refractivity contribution >= 4 is 5.91 Å². The fourth-order valence-electron chi connectivity index (χ4n) is 4.62. The lowest BCUT2D eigenvalue weighted by atomic mass is 9.75. The van der Waals surface area contributed by atoms with Crippen molar-refractivity contribution in [1.82, 2.24) is 20.3 Å². The number of aliphatic hydroxyl groups excluding tert-OH is 1. The Kier molecular flexibility index (Phi) is 5.50. The standard InChI is InChI=1S/C20H27N5O2/c26-9-7-17-12-25(23-22-17)13-18-10-16-6-8-24(18)14-19(16)20(27)21-11-15-4-2-1-3-5-15/h1-5,12,16,18-19,26H,6-11,13-14H2,(H,21,27)/p+1/t16-,18-,19+/m1/s1. The number of aliphatic hydroxyl groups is 1. The number of carbonyl (C=O) groups is 1. The summed E-state index contributed by atoms with van der Waals surface area (Å²) in [5.74, 6) is 0.781. The molecule has 27 heavy (non-hydrogen) atoms. The Morgan fingerprint density at radius 2 is 2.19 bits per heavy atom. The molecule has 4 heterocycles. The van der Waals surface area contributed by atoms with Gasteiger partial charge in [-0.1, -0.05) is 35.5 Å². The van der Waals surface area contributed by atoms with Crippen molar-refractivity contribution in [1.29, 1.82) is 0 Å². The van der Waals surface area contributed by atoms with Crippen LogP contribution in [-0.4, -0.2) is 51.7 Å². The maximum atomic E-state index is 12.7. The third-order valence-electron chi connectivity index (χ3n) is 6.06. The third kappa shape index (κ3) is 4.20. The van der Waals surface area contributed by atoms with Gasteiger partial charge in [-0.3, -0.25) is 4.79 Å². The molecule has 0 saturated carbocycles. The summed E-state index contributed by atoms with van der Waals surface area (Å²) in [7, 11) is 0. The quantitative estimate of drug-likeness (QED) is 0.609. The molecule has 0 aliphatic carbocycles. The number of aromatic nitrogens is 3. The second kappa shape index (κ2) is 8.19. The van der Waals surface area contributed by atoms with Crippen molar-refractivity contribution in [2.75, 3.05) is 19.7 Å². The lowest BCUT2D eigenvalue weighted by molar-refractivity contribution is -0.945. The average Bonchev–Trinajstić information content (AvgIpc) is 3.14. The smallest absolute Gasteiger partial charge is 0.229 e. The molecule has 3 fully saturated rings. The number of piperidine rings is 3. The number of nitrogens with one attached hydrogen (secondary N) is 2. The molecule has 7 heteroatoms. The van der Waals surface area contributed by atoms with Crippen LogP contribution in [0.1, 0.15) is 24.1 Å². The number of hydrogen-bond acceptors (Lipinski definition) is 4. The Hall–Kier alpha value is -2.25. The van der Waals surface area contributed by atoms with E-state index in [1.54, 1.807) is 0 Å². The van der Waals surface area contributed by atoms with Gasteiger partial charge < -0.3 is 15.3 Å². The lowest BCUT2D eigenvalue weighted by Crippen LogP contribution is -3.20. The van der Waals surface area contributed by atoms with E-state index in [1.807, 2.05) is 41.2 Å². The zero-order chi connectivity index (χ0) is 18.6. The van der Waals surface area contributed by atoms with Gasteiger partial charge in [0.1, 0.15) is 6.04 Å². The molecule has 3 saturated heterocycles. The van der Waals surface area contributed by atoms with Gasteiger partial charge >= 0.3 is 0 Å². The first-order valence-corrected chi connectivity index (χ1v) is 9.89. The first-order valence-electron chi connectivity index (χ1n) is 9.89. The number of rotatable bonds is 7. The van der Waals surface area contributed by atoms with Gasteiger partial charge in [0, 0.05) is 38.6 Å². The minimum absolute atomic E-state index is 0.0986. The Balaban J connectivity index is 1.32. The lowest BCUT2D eigenvalue weighted by Gasteiger charge is -2.46. The van der Waals surface area contributed by atoms with Gasteiger partial charge in [-0.05, 0) is 11.5 Å². The number of amides is 1. The molecule has 0 spiro atoms. The predicted octanol–water partition coefficient (Wildman–Crippen LogP) is -0.577. The van der Waals surface area contributed by atoms with E-state index in [0.717, 1.165) is 43.7 Å². The first-order chi connectivity index (χ1) is 13.2. The fourth-order valence-corrected chi connectivity index (χ4v) is 4.62. The number of benzene rings is 1. The van der Waals surface area contributed by atoms with Crippen molar-refractivity contribution in [3.8, 4) is 0 Å². The van der Waals surface area contributed by atoms with Crippen LogP contribution in [0.15, 0.2) is 36.5 Å². The molecule has 5 rings (SSSR count). The Morgan fingerprint density at radius 1 is 1.33 bits per heavy atom. The van der Waals surface area contributed by atoms with Crippen molar-refractivity contribution in [3.63, 3.8) is 0 Å². The van der Waals surface area contributed by atoms with Crippen molar-refractivity contribution in [2.24, 2.45) is 11.8 Å². The van der Waals surface area contributed by atoms with Crippen LogP contribution in [-0.2, 0) is 24.3 Å². The van der Waals surface area contributed by atoms with E-state index in [1.165, 1.54) is 4.90 Å². The highest BCUT2D eigenvalue weighted by Crippen LogP contribution is 2.27. The monoisotopic (exact) mass is 370 g/mol. The maximum Gasteiger partial charge on any atom is 0.229 e. The van der Waals surface area contributed by atoms with E-state index < -0.39 is 0 Å². The minimum atomic E-state index is 0.0986. The Morgan fingerprint density at radius 3 is 2.93 bits per heavy atom. The molecule has 7 nitrogen and oxygen atoms in total. The molecular weight excluding hydrogens is 342 g/mol. The molecule has 0 radical (unpaired) electrons. The van der Waals surface area contributed by atoms with Gasteiger partial charge in [0.15, 0.2) is 0 Å². The summed E-state index contributed by atoms with van der Waals surface area (Å²) in [5, 5.41) is 20.4. The van der Waals surface area contributed by atoms with Crippen LogP contribution in [0.4, 0.5) is 0 Å². The van der Waals surface area contributed by atoms with Gasteiger partial charge in [-0.15, -0.1) is 5.10 Å². The molecule has 144 valence electrons. The Bertz CT molecular complexity index is 763. The van der Waals surface area contributed by atoms with Crippen LogP contribution in [0, 0.1) is 11.8 Å². The summed E-state index contributed by atoms with van der Waals surface area (Å²) in [4.78, 5) is 14.2. The van der Waals surface area contributed by atoms with E-state index in [2.05, 4.69) is 15.6 Å². The van der Waals surface area contributed by atoms with Gasteiger partial charge in [-0.25, -0.2) is 4.68 Å². The summed E-state index contributed by atoms with van der Waals surface area (Å²) in [6.45, 7) is 3.59. The zero-order valence-electron chi connectivity index (χ0n) is 15.6. The van der Waals surface area contributed by atoms with Gasteiger partial charge in [-0.2, -0.15) is 0 Å². The molecule has 1 unspecified atom stereocenters. The second-order valence-corrected chi connectivity index (χ2v) is 7.81. The molecule has 3 aliphatic heterocycles. The molecule has 4 atom stereocenters. The van der Waals surface area contributed by atoms with Crippen molar-refractivity contribution < 1.29 is 14.8 Å². The summed E-state index contributed by atoms with van der Waals surface area (Å²) in [6.07, 6.45) is 4.67. The van der Waals surface area contributed by atoms with Crippen molar-refractivity contribution in [3.05, 3.63) is 47.8 Å². The van der Waals surface area contributed by atoms with Crippen LogP contribution in [0.25, 0.3) is 0 Å². The molecule has 1 amide bonds. The summed E-state index contributed by atoms with van der Waals surface area (Å²) in [6, 6.07) is 10.6. The summed E-state index contributed by atoms with van der Waals surface area (Å²) >= 11 is 0. The highest BCUT2D eigenvalue weighted by molar-refractivity contribution is 5.79. The van der Waals surface area contributed by atoms with Gasteiger partial charge in [0.2, 0.25) is 5.91 Å². The normalized spacial score (nSPS) is 26.9. The highest BCUT2D eigenvalue weighted by atomic mass is 16.3. The van der Waals surface area contributed by atoms with Crippen LogP contribution < -0.4 is 10.2 Å². The van der Waals surface area contributed by atoms with E-state index >= 15 is 0 Å². The summed E-state index contributed by atoms with van der Waals surface area (Å²) < 4.78 is 1.90. The summed E-state index contributed by atoms with van der Waals surface area (Å²) in [5.41, 5.74) is 1.98. The molecule has 1 aromatic heterocycles. The second-order valence-electron chi connectivity index (χ2n) is 7.81. The SMILES string of the molecule is O=C(NCc1ccccc1)[C@H]1C[NH+]2CC[C@@H]1C[C@@H]2Cn1cc(CCO)nn1. The van der Waals surface area contributed by atoms with Gasteiger partial charge in [0.25, 0.3) is 0 Å². The Labute approximate surface area is 159 Å².